The number of rotatable bonds is 2. The van der Waals surface area contributed by atoms with E-state index in [1.807, 2.05) is 18.2 Å². The predicted octanol–water partition coefficient (Wildman–Crippen LogP) is 1.63. The molecule has 1 aliphatic rings. The minimum Gasteiger partial charge on any atom is -0.439 e. The molecule has 0 amide bonds. The van der Waals surface area contributed by atoms with Crippen molar-refractivity contribution >= 4 is 16.8 Å². The van der Waals surface area contributed by atoms with Crippen molar-refractivity contribution in [1.29, 1.82) is 0 Å². The zero-order valence-corrected chi connectivity index (χ0v) is 10.3. The number of nitrogen functional groups attached to an aromatic ring is 1. The van der Waals surface area contributed by atoms with E-state index in [1.54, 1.807) is 0 Å². The summed E-state index contributed by atoms with van der Waals surface area (Å²) in [5.74, 6) is 0.748. The van der Waals surface area contributed by atoms with E-state index in [0.717, 1.165) is 56.3 Å². The van der Waals surface area contributed by atoms with Crippen LogP contribution in [-0.2, 0) is 11.3 Å². The maximum atomic E-state index is 5.72. The Morgan fingerprint density at radius 2 is 2.22 bits per heavy atom. The first kappa shape index (κ1) is 11.5. The lowest BCUT2D eigenvalue weighted by atomic mass is 10.3. The summed E-state index contributed by atoms with van der Waals surface area (Å²) in [4.78, 5) is 6.78. The summed E-state index contributed by atoms with van der Waals surface area (Å²) in [6.07, 6.45) is 1.06. The topological polar surface area (TPSA) is 64.5 Å². The Morgan fingerprint density at radius 1 is 1.28 bits per heavy atom. The normalized spacial score (nSPS) is 18.0. The van der Waals surface area contributed by atoms with Gasteiger partial charge in [0.05, 0.1) is 13.2 Å². The molecule has 0 spiro atoms. The molecule has 1 saturated heterocycles. The molecule has 0 saturated carbocycles. The van der Waals surface area contributed by atoms with Crippen LogP contribution in [0.25, 0.3) is 11.1 Å². The van der Waals surface area contributed by atoms with Crippen LogP contribution in [0, 0.1) is 0 Å². The lowest BCUT2D eigenvalue weighted by molar-refractivity contribution is 0.139. The van der Waals surface area contributed by atoms with Gasteiger partial charge in [-0.05, 0) is 18.6 Å². The van der Waals surface area contributed by atoms with Crippen LogP contribution in [0.3, 0.4) is 0 Å². The van der Waals surface area contributed by atoms with Gasteiger partial charge in [0, 0.05) is 31.5 Å². The van der Waals surface area contributed by atoms with Crippen LogP contribution >= 0.6 is 0 Å². The Morgan fingerprint density at radius 3 is 3.17 bits per heavy atom. The van der Waals surface area contributed by atoms with Crippen LogP contribution in [0.4, 0.5) is 5.69 Å². The first-order valence-corrected chi connectivity index (χ1v) is 6.26. The summed E-state index contributed by atoms with van der Waals surface area (Å²) >= 11 is 0. The highest BCUT2D eigenvalue weighted by Gasteiger charge is 2.13. The van der Waals surface area contributed by atoms with Crippen molar-refractivity contribution in [3.63, 3.8) is 0 Å². The van der Waals surface area contributed by atoms with E-state index < -0.39 is 0 Å². The Labute approximate surface area is 106 Å². The van der Waals surface area contributed by atoms with Crippen LogP contribution in [-0.4, -0.2) is 36.2 Å². The van der Waals surface area contributed by atoms with E-state index >= 15 is 0 Å². The molecule has 0 radical (unpaired) electrons. The average Bonchev–Trinajstić information content (AvgIpc) is 2.57. The lowest BCUT2D eigenvalue weighted by Gasteiger charge is -2.16. The third kappa shape index (κ3) is 2.47. The van der Waals surface area contributed by atoms with Crippen molar-refractivity contribution < 1.29 is 9.15 Å². The van der Waals surface area contributed by atoms with Gasteiger partial charge in [0.15, 0.2) is 5.58 Å². The van der Waals surface area contributed by atoms with Crippen molar-refractivity contribution in [3.8, 4) is 0 Å². The smallest absolute Gasteiger partial charge is 0.209 e. The van der Waals surface area contributed by atoms with Crippen LogP contribution in [0.5, 0.6) is 0 Å². The van der Waals surface area contributed by atoms with Crippen molar-refractivity contribution in [2.45, 2.75) is 13.0 Å². The van der Waals surface area contributed by atoms with E-state index in [1.165, 1.54) is 0 Å². The zero-order valence-electron chi connectivity index (χ0n) is 10.3. The number of hydrogen-bond acceptors (Lipinski definition) is 5. The number of anilines is 1. The molecule has 2 aromatic rings. The number of hydrogen-bond donors (Lipinski definition) is 1. The maximum absolute atomic E-state index is 5.72. The second kappa shape index (κ2) is 4.96. The Balaban J connectivity index is 1.77. The molecule has 2 heterocycles. The van der Waals surface area contributed by atoms with E-state index in [-0.39, 0.29) is 0 Å². The molecule has 0 aliphatic carbocycles. The third-order valence-electron chi connectivity index (χ3n) is 3.13. The standard InChI is InChI=1S/C13H17N3O2/c14-10-2-3-11-12(8-10)18-13(15-11)9-16-4-1-6-17-7-5-16/h2-3,8H,1,4-7,9,14H2. The molecule has 0 atom stereocenters. The molecule has 5 heteroatoms. The lowest BCUT2D eigenvalue weighted by Crippen LogP contribution is -2.25. The van der Waals surface area contributed by atoms with Gasteiger partial charge in [-0.25, -0.2) is 4.98 Å². The van der Waals surface area contributed by atoms with Crippen molar-refractivity contribution in [2.24, 2.45) is 0 Å². The molecule has 3 rings (SSSR count). The van der Waals surface area contributed by atoms with E-state index in [2.05, 4.69) is 9.88 Å². The molecular weight excluding hydrogens is 230 g/mol. The third-order valence-corrected chi connectivity index (χ3v) is 3.13. The quantitative estimate of drug-likeness (QED) is 0.817. The second-order valence-electron chi connectivity index (χ2n) is 4.58. The van der Waals surface area contributed by atoms with Crippen molar-refractivity contribution in [1.82, 2.24) is 9.88 Å². The van der Waals surface area contributed by atoms with E-state index in [4.69, 9.17) is 14.9 Å². The fraction of sp³-hybridized carbons (Fsp3) is 0.462. The van der Waals surface area contributed by atoms with Gasteiger partial charge in [-0.2, -0.15) is 0 Å². The fourth-order valence-electron chi connectivity index (χ4n) is 2.20. The fourth-order valence-corrected chi connectivity index (χ4v) is 2.20. The molecule has 0 unspecified atom stereocenters. The number of nitrogens with two attached hydrogens (primary N) is 1. The first-order chi connectivity index (χ1) is 8.81. The highest BCUT2D eigenvalue weighted by molar-refractivity contribution is 5.76. The molecule has 1 fully saturated rings. The van der Waals surface area contributed by atoms with Crippen LogP contribution < -0.4 is 5.73 Å². The SMILES string of the molecule is Nc1ccc2nc(CN3CCCOCC3)oc2c1. The van der Waals surface area contributed by atoms with Gasteiger partial charge in [-0.15, -0.1) is 0 Å². The Kier molecular flexibility index (Phi) is 3.17. The Hall–Kier alpha value is -1.59. The molecule has 1 aromatic heterocycles. The largest absolute Gasteiger partial charge is 0.439 e. The minimum atomic E-state index is 0.702. The van der Waals surface area contributed by atoms with Gasteiger partial charge in [0.1, 0.15) is 5.52 Å². The number of ether oxygens (including phenoxy) is 1. The molecule has 2 N–H and O–H groups in total. The Bertz CT molecular complexity index is 530. The van der Waals surface area contributed by atoms with Gasteiger partial charge in [-0.1, -0.05) is 0 Å². The molecule has 0 bridgehead atoms. The summed E-state index contributed by atoms with van der Waals surface area (Å²) in [5, 5.41) is 0. The van der Waals surface area contributed by atoms with Crippen LogP contribution in [0.2, 0.25) is 0 Å². The monoisotopic (exact) mass is 247 g/mol. The average molecular weight is 247 g/mol. The second-order valence-corrected chi connectivity index (χ2v) is 4.58. The van der Waals surface area contributed by atoms with Crippen molar-refractivity contribution in [3.05, 3.63) is 24.1 Å². The minimum absolute atomic E-state index is 0.702. The number of benzene rings is 1. The number of aromatic nitrogens is 1. The number of fused-ring (bicyclic) bond motifs is 1. The zero-order chi connectivity index (χ0) is 12.4. The van der Waals surface area contributed by atoms with Crippen LogP contribution in [0.1, 0.15) is 12.3 Å². The maximum Gasteiger partial charge on any atom is 0.209 e. The van der Waals surface area contributed by atoms with Gasteiger partial charge in [-0.3, -0.25) is 4.90 Å². The van der Waals surface area contributed by atoms with Crippen LogP contribution in [0.15, 0.2) is 22.6 Å². The van der Waals surface area contributed by atoms with Crippen molar-refractivity contribution in [2.75, 3.05) is 32.0 Å². The molecule has 18 heavy (non-hydrogen) atoms. The summed E-state index contributed by atoms with van der Waals surface area (Å²) in [5.41, 5.74) is 8.05. The summed E-state index contributed by atoms with van der Waals surface area (Å²) in [7, 11) is 0. The van der Waals surface area contributed by atoms with Gasteiger partial charge >= 0.3 is 0 Å². The molecule has 5 nitrogen and oxygen atoms in total. The van der Waals surface area contributed by atoms with E-state index in [9.17, 15) is 0 Å². The summed E-state index contributed by atoms with van der Waals surface area (Å²) in [6.45, 7) is 4.33. The predicted molar refractivity (Wildman–Crippen MR) is 69.1 cm³/mol. The first-order valence-electron chi connectivity index (χ1n) is 6.26. The molecule has 1 aromatic carbocycles. The summed E-state index contributed by atoms with van der Waals surface area (Å²) < 4.78 is 11.1. The summed E-state index contributed by atoms with van der Waals surface area (Å²) in [6, 6.07) is 5.55. The van der Waals surface area contributed by atoms with Gasteiger partial charge < -0.3 is 14.9 Å². The number of oxazole rings is 1. The van der Waals surface area contributed by atoms with Gasteiger partial charge in [0.25, 0.3) is 0 Å². The molecule has 1 aliphatic heterocycles. The van der Waals surface area contributed by atoms with Gasteiger partial charge in [0.2, 0.25) is 5.89 Å². The highest BCUT2D eigenvalue weighted by atomic mass is 16.5. The van der Waals surface area contributed by atoms with E-state index in [0.29, 0.717) is 5.69 Å². The number of nitrogens with zero attached hydrogens (tertiary/aromatic N) is 2. The highest BCUT2D eigenvalue weighted by Crippen LogP contribution is 2.19. The molecular formula is C13H17N3O2. The molecule has 96 valence electrons.